The van der Waals surface area contributed by atoms with Crippen molar-refractivity contribution in [2.24, 2.45) is 0 Å². The molecule has 0 spiro atoms. The first kappa shape index (κ1) is 13.0. The number of anilines is 1. The fourth-order valence-corrected chi connectivity index (χ4v) is 2.08. The lowest BCUT2D eigenvalue weighted by molar-refractivity contribution is 0.0697. The number of hydrogen-bond donors (Lipinski definition) is 3. The predicted octanol–water partition coefficient (Wildman–Crippen LogP) is 1.97. The quantitative estimate of drug-likeness (QED) is 0.676. The van der Waals surface area contributed by atoms with Gasteiger partial charge in [0.25, 0.3) is 0 Å². The van der Waals surface area contributed by atoms with Crippen LogP contribution in [-0.2, 0) is 6.54 Å². The highest BCUT2D eigenvalue weighted by Crippen LogP contribution is 2.18. The number of benzene rings is 1. The molecule has 0 aliphatic heterocycles. The highest BCUT2D eigenvalue weighted by molar-refractivity contribution is 5.88. The fourth-order valence-electron chi connectivity index (χ4n) is 2.08. The number of H-pyrrole nitrogens is 1. The monoisotopic (exact) mass is 283 g/mol. The third-order valence-corrected chi connectivity index (χ3v) is 3.06. The first-order valence-electron chi connectivity index (χ1n) is 6.37. The minimum Gasteiger partial charge on any atom is -0.478 e. The van der Waals surface area contributed by atoms with Crippen molar-refractivity contribution in [2.75, 3.05) is 5.32 Å². The lowest BCUT2D eigenvalue weighted by atomic mass is 10.1. The molecular weight excluding hydrogens is 270 g/mol. The van der Waals surface area contributed by atoms with Crippen LogP contribution in [0.15, 0.2) is 30.5 Å². The average Bonchev–Trinajstić information content (AvgIpc) is 2.93. The highest BCUT2D eigenvalue weighted by atomic mass is 16.4. The zero-order valence-electron chi connectivity index (χ0n) is 11.3. The molecule has 0 fully saturated rings. The number of nitrogens with one attached hydrogen (secondary N) is 2. The predicted molar refractivity (Wildman–Crippen MR) is 77.1 cm³/mol. The van der Waals surface area contributed by atoms with Crippen molar-refractivity contribution in [3.05, 3.63) is 47.4 Å². The Morgan fingerprint density at radius 1 is 1.38 bits per heavy atom. The first-order chi connectivity index (χ1) is 10.1. The van der Waals surface area contributed by atoms with E-state index >= 15 is 0 Å². The number of aromatic nitrogens is 4. The molecule has 0 saturated carbocycles. The molecule has 0 saturated heterocycles. The van der Waals surface area contributed by atoms with Crippen molar-refractivity contribution in [3.8, 4) is 0 Å². The third-order valence-electron chi connectivity index (χ3n) is 3.06. The van der Waals surface area contributed by atoms with E-state index in [2.05, 4.69) is 25.5 Å². The van der Waals surface area contributed by atoms with Gasteiger partial charge in [0, 0.05) is 6.54 Å². The second-order valence-corrected chi connectivity index (χ2v) is 4.61. The SMILES string of the molecule is Cc1nc(NCc2cccc(C(=O)O)c2)c2cn[nH]c2n1. The van der Waals surface area contributed by atoms with Gasteiger partial charge in [-0.1, -0.05) is 12.1 Å². The van der Waals surface area contributed by atoms with E-state index in [9.17, 15) is 4.79 Å². The van der Waals surface area contributed by atoms with Crippen molar-refractivity contribution >= 4 is 22.8 Å². The van der Waals surface area contributed by atoms with Crippen molar-refractivity contribution in [3.63, 3.8) is 0 Å². The summed E-state index contributed by atoms with van der Waals surface area (Å²) in [6.45, 7) is 2.27. The summed E-state index contributed by atoms with van der Waals surface area (Å²) in [6, 6.07) is 6.78. The number of aromatic carboxylic acids is 1. The van der Waals surface area contributed by atoms with E-state index in [1.807, 2.05) is 6.07 Å². The van der Waals surface area contributed by atoms with Gasteiger partial charge in [0.1, 0.15) is 11.6 Å². The molecule has 7 heteroatoms. The molecule has 3 rings (SSSR count). The maximum Gasteiger partial charge on any atom is 0.335 e. The van der Waals surface area contributed by atoms with E-state index in [4.69, 9.17) is 5.11 Å². The summed E-state index contributed by atoms with van der Waals surface area (Å²) in [5, 5.41) is 19.7. The zero-order valence-corrected chi connectivity index (χ0v) is 11.3. The van der Waals surface area contributed by atoms with E-state index in [1.165, 1.54) is 0 Å². The van der Waals surface area contributed by atoms with Gasteiger partial charge in [0.2, 0.25) is 0 Å². The number of aryl methyl sites for hydroxylation is 1. The summed E-state index contributed by atoms with van der Waals surface area (Å²) in [5.74, 6) is 0.368. The number of rotatable bonds is 4. The Balaban J connectivity index is 1.85. The van der Waals surface area contributed by atoms with E-state index in [0.29, 0.717) is 23.8 Å². The summed E-state index contributed by atoms with van der Waals surface area (Å²) in [7, 11) is 0. The number of aromatic amines is 1. The van der Waals surface area contributed by atoms with Crippen LogP contribution in [0.2, 0.25) is 0 Å². The van der Waals surface area contributed by atoms with Crippen molar-refractivity contribution in [1.29, 1.82) is 0 Å². The van der Waals surface area contributed by atoms with Crippen LogP contribution in [0.25, 0.3) is 11.0 Å². The Kier molecular flexibility index (Phi) is 3.23. The molecule has 0 radical (unpaired) electrons. The van der Waals surface area contributed by atoms with Gasteiger partial charge in [-0.2, -0.15) is 5.10 Å². The maximum absolute atomic E-state index is 11.0. The number of carboxylic acid groups (broad SMARTS) is 1. The Labute approximate surface area is 120 Å². The molecule has 3 N–H and O–H groups in total. The number of carboxylic acids is 1. The smallest absolute Gasteiger partial charge is 0.335 e. The third kappa shape index (κ3) is 2.66. The van der Waals surface area contributed by atoms with Gasteiger partial charge in [-0.15, -0.1) is 0 Å². The van der Waals surface area contributed by atoms with Gasteiger partial charge in [0.15, 0.2) is 5.65 Å². The van der Waals surface area contributed by atoms with Crippen LogP contribution >= 0.6 is 0 Å². The van der Waals surface area contributed by atoms with Crippen LogP contribution in [0, 0.1) is 6.92 Å². The number of hydrogen-bond acceptors (Lipinski definition) is 5. The van der Waals surface area contributed by atoms with E-state index in [0.717, 1.165) is 10.9 Å². The Bertz CT molecular complexity index is 812. The molecule has 0 amide bonds. The van der Waals surface area contributed by atoms with E-state index in [-0.39, 0.29) is 5.56 Å². The molecule has 1 aromatic carbocycles. The normalized spacial score (nSPS) is 10.7. The van der Waals surface area contributed by atoms with Gasteiger partial charge in [-0.25, -0.2) is 14.8 Å². The molecule has 0 unspecified atom stereocenters. The molecule has 0 atom stereocenters. The molecule has 3 aromatic rings. The fraction of sp³-hybridized carbons (Fsp3) is 0.143. The minimum absolute atomic E-state index is 0.265. The molecule has 2 aromatic heterocycles. The van der Waals surface area contributed by atoms with E-state index in [1.54, 1.807) is 31.3 Å². The molecule has 106 valence electrons. The van der Waals surface area contributed by atoms with Crippen LogP contribution in [0.3, 0.4) is 0 Å². The number of carbonyl (C=O) groups is 1. The van der Waals surface area contributed by atoms with Gasteiger partial charge < -0.3 is 10.4 Å². The van der Waals surface area contributed by atoms with Gasteiger partial charge in [0.05, 0.1) is 17.1 Å². The first-order valence-corrected chi connectivity index (χ1v) is 6.37. The average molecular weight is 283 g/mol. The molecule has 0 aliphatic rings. The summed E-state index contributed by atoms with van der Waals surface area (Å²) in [4.78, 5) is 19.5. The second-order valence-electron chi connectivity index (χ2n) is 4.61. The lowest BCUT2D eigenvalue weighted by Crippen LogP contribution is -2.05. The standard InChI is InChI=1S/C14H13N5O2/c1-8-17-12(11-7-16-19-13(11)18-8)15-6-9-3-2-4-10(5-9)14(20)21/h2-5,7H,6H2,1H3,(H,20,21)(H2,15,16,17,18,19). The number of nitrogens with zero attached hydrogens (tertiary/aromatic N) is 3. The summed E-state index contributed by atoms with van der Waals surface area (Å²) in [5.41, 5.74) is 1.80. The summed E-state index contributed by atoms with van der Waals surface area (Å²) >= 11 is 0. The number of fused-ring (bicyclic) bond motifs is 1. The zero-order chi connectivity index (χ0) is 14.8. The van der Waals surface area contributed by atoms with Crippen LogP contribution in [-0.4, -0.2) is 31.2 Å². The maximum atomic E-state index is 11.0. The van der Waals surface area contributed by atoms with Crippen molar-refractivity contribution < 1.29 is 9.90 Å². The Morgan fingerprint density at radius 3 is 3.05 bits per heavy atom. The molecule has 0 aliphatic carbocycles. The molecular formula is C14H13N5O2. The van der Waals surface area contributed by atoms with E-state index < -0.39 is 5.97 Å². The molecule has 21 heavy (non-hydrogen) atoms. The van der Waals surface area contributed by atoms with Gasteiger partial charge in [-0.05, 0) is 24.6 Å². The highest BCUT2D eigenvalue weighted by Gasteiger charge is 2.08. The van der Waals surface area contributed by atoms with Gasteiger partial charge in [-0.3, -0.25) is 5.10 Å². The van der Waals surface area contributed by atoms with Crippen molar-refractivity contribution in [1.82, 2.24) is 20.2 Å². The Hall–Kier alpha value is -2.96. The Morgan fingerprint density at radius 2 is 2.24 bits per heavy atom. The second kappa shape index (κ2) is 5.20. The molecule has 2 heterocycles. The lowest BCUT2D eigenvalue weighted by Gasteiger charge is -2.08. The van der Waals surface area contributed by atoms with Crippen LogP contribution in [0.1, 0.15) is 21.7 Å². The molecule has 0 bridgehead atoms. The summed E-state index contributed by atoms with van der Waals surface area (Å²) < 4.78 is 0. The van der Waals surface area contributed by atoms with Gasteiger partial charge >= 0.3 is 5.97 Å². The van der Waals surface area contributed by atoms with Crippen LogP contribution in [0.5, 0.6) is 0 Å². The van der Waals surface area contributed by atoms with Crippen LogP contribution < -0.4 is 5.32 Å². The van der Waals surface area contributed by atoms with Crippen LogP contribution in [0.4, 0.5) is 5.82 Å². The van der Waals surface area contributed by atoms with Crippen molar-refractivity contribution in [2.45, 2.75) is 13.5 Å². The topological polar surface area (TPSA) is 104 Å². The summed E-state index contributed by atoms with van der Waals surface area (Å²) in [6.07, 6.45) is 1.66. The molecule has 7 nitrogen and oxygen atoms in total. The largest absolute Gasteiger partial charge is 0.478 e. The minimum atomic E-state index is -0.938.